The maximum Gasteiger partial charge on any atom is 0.231 e. The lowest BCUT2D eigenvalue weighted by molar-refractivity contribution is 0.335. The van der Waals surface area contributed by atoms with Crippen LogP contribution in [0.3, 0.4) is 0 Å². The Morgan fingerprint density at radius 3 is 2.75 bits per heavy atom. The normalized spacial score (nSPS) is 12.9. The predicted octanol–water partition coefficient (Wildman–Crippen LogP) is 4.24. The van der Waals surface area contributed by atoms with Crippen LogP contribution in [-0.4, -0.2) is 16.7 Å². The summed E-state index contributed by atoms with van der Waals surface area (Å²) in [6, 6.07) is 5.53. The summed E-state index contributed by atoms with van der Waals surface area (Å²) in [5, 5.41) is 4.68. The first-order valence-corrected chi connectivity index (χ1v) is 7.67. The largest absolute Gasteiger partial charge is 0.339 e. The van der Waals surface area contributed by atoms with Gasteiger partial charge in [-0.3, -0.25) is 0 Å². The van der Waals surface area contributed by atoms with Gasteiger partial charge in [-0.15, -0.1) is 0 Å². The summed E-state index contributed by atoms with van der Waals surface area (Å²) in [6.07, 6.45) is 0.933. The van der Waals surface area contributed by atoms with E-state index in [0.29, 0.717) is 29.2 Å². The van der Waals surface area contributed by atoms with E-state index in [0.717, 1.165) is 16.5 Å². The number of aromatic nitrogens is 2. The Bertz CT molecular complexity index is 586. The van der Waals surface area contributed by atoms with Crippen molar-refractivity contribution < 1.29 is 4.52 Å². The number of halogens is 2. The van der Waals surface area contributed by atoms with Gasteiger partial charge in [0.1, 0.15) is 0 Å². The summed E-state index contributed by atoms with van der Waals surface area (Å²) in [7, 11) is 0. The zero-order chi connectivity index (χ0) is 14.7. The quantitative estimate of drug-likeness (QED) is 0.868. The van der Waals surface area contributed by atoms with Gasteiger partial charge in [-0.05, 0) is 46.5 Å². The van der Waals surface area contributed by atoms with Crippen LogP contribution in [0.4, 0.5) is 0 Å². The minimum absolute atomic E-state index is 0.104. The molecule has 0 aliphatic carbocycles. The van der Waals surface area contributed by atoms with Crippen molar-refractivity contribution in [2.45, 2.75) is 26.2 Å². The van der Waals surface area contributed by atoms with E-state index in [9.17, 15) is 0 Å². The Labute approximate surface area is 131 Å². The summed E-state index contributed by atoms with van der Waals surface area (Å²) in [4.78, 5) is 4.45. The first-order chi connectivity index (χ1) is 9.51. The van der Waals surface area contributed by atoms with Crippen LogP contribution in [0.2, 0.25) is 5.02 Å². The van der Waals surface area contributed by atoms with E-state index in [4.69, 9.17) is 21.9 Å². The number of hydrogen-bond acceptors (Lipinski definition) is 4. The first kappa shape index (κ1) is 15.5. The van der Waals surface area contributed by atoms with Gasteiger partial charge in [0.05, 0.1) is 10.9 Å². The number of benzene rings is 1. The molecule has 1 atom stereocenters. The van der Waals surface area contributed by atoms with Crippen molar-refractivity contribution in [1.82, 2.24) is 10.1 Å². The van der Waals surface area contributed by atoms with Crippen LogP contribution in [0.15, 0.2) is 27.2 Å². The molecule has 0 bridgehead atoms. The molecule has 6 heteroatoms. The van der Waals surface area contributed by atoms with Crippen molar-refractivity contribution in [3.8, 4) is 11.4 Å². The zero-order valence-electron chi connectivity index (χ0n) is 11.4. The molecule has 0 radical (unpaired) electrons. The highest BCUT2D eigenvalue weighted by molar-refractivity contribution is 9.10. The summed E-state index contributed by atoms with van der Waals surface area (Å²) in [5.74, 6) is 1.79. The van der Waals surface area contributed by atoms with Crippen molar-refractivity contribution in [3.05, 3.63) is 33.6 Å². The molecular formula is C14H17BrClN3O. The van der Waals surface area contributed by atoms with E-state index in [1.165, 1.54) is 0 Å². The van der Waals surface area contributed by atoms with E-state index in [2.05, 4.69) is 39.9 Å². The molecule has 1 unspecified atom stereocenters. The first-order valence-electron chi connectivity index (χ1n) is 6.50. The minimum atomic E-state index is 0.104. The highest BCUT2D eigenvalue weighted by Crippen LogP contribution is 2.29. The molecule has 0 aliphatic rings. The molecule has 4 nitrogen and oxygen atoms in total. The van der Waals surface area contributed by atoms with E-state index >= 15 is 0 Å². The number of nitrogens with zero attached hydrogens (tertiary/aromatic N) is 2. The number of rotatable bonds is 5. The Kier molecular flexibility index (Phi) is 5.18. The molecule has 1 aromatic carbocycles. The lowest BCUT2D eigenvalue weighted by Gasteiger charge is -2.11. The molecular weight excluding hydrogens is 342 g/mol. The number of nitrogens with two attached hydrogens (primary N) is 1. The average molecular weight is 359 g/mol. The second-order valence-corrected chi connectivity index (χ2v) is 6.41. The molecule has 1 aromatic heterocycles. The number of hydrogen-bond donors (Lipinski definition) is 1. The molecule has 2 rings (SSSR count). The minimum Gasteiger partial charge on any atom is -0.339 e. The monoisotopic (exact) mass is 357 g/mol. The van der Waals surface area contributed by atoms with Crippen LogP contribution in [0, 0.1) is 5.92 Å². The lowest BCUT2D eigenvalue weighted by Crippen LogP contribution is -2.15. The topological polar surface area (TPSA) is 64.9 Å². The third-order valence-corrected chi connectivity index (χ3v) is 4.22. The molecule has 0 saturated heterocycles. The van der Waals surface area contributed by atoms with Crippen LogP contribution in [-0.2, 0) is 0 Å². The van der Waals surface area contributed by atoms with Crippen LogP contribution >= 0.6 is 27.5 Å². The van der Waals surface area contributed by atoms with Crippen molar-refractivity contribution in [1.29, 1.82) is 0 Å². The average Bonchev–Trinajstić information content (AvgIpc) is 2.88. The van der Waals surface area contributed by atoms with Gasteiger partial charge >= 0.3 is 0 Å². The SMILES string of the molecule is CC(C)CC(CN)c1nc(-c2ccc(Cl)c(Br)c2)no1. The maximum absolute atomic E-state index is 5.98. The molecule has 1 heterocycles. The Hall–Kier alpha value is -0.910. The summed E-state index contributed by atoms with van der Waals surface area (Å²) >= 11 is 9.36. The predicted molar refractivity (Wildman–Crippen MR) is 83.7 cm³/mol. The zero-order valence-corrected chi connectivity index (χ0v) is 13.8. The van der Waals surface area contributed by atoms with Gasteiger partial charge in [-0.25, -0.2) is 0 Å². The molecule has 2 N–H and O–H groups in total. The molecule has 108 valence electrons. The Morgan fingerprint density at radius 2 is 2.15 bits per heavy atom. The van der Waals surface area contributed by atoms with Crippen LogP contribution in [0.1, 0.15) is 32.1 Å². The highest BCUT2D eigenvalue weighted by Gasteiger charge is 2.19. The smallest absolute Gasteiger partial charge is 0.231 e. The summed E-state index contributed by atoms with van der Waals surface area (Å²) < 4.78 is 6.16. The second-order valence-electron chi connectivity index (χ2n) is 5.15. The standard InChI is InChI=1S/C14H17BrClN3O/c1-8(2)5-10(7-17)14-18-13(19-20-14)9-3-4-12(16)11(15)6-9/h3-4,6,8,10H,5,7,17H2,1-2H3. The van der Waals surface area contributed by atoms with Gasteiger partial charge in [-0.2, -0.15) is 4.98 Å². The molecule has 0 aliphatic heterocycles. The fourth-order valence-electron chi connectivity index (χ4n) is 2.02. The van der Waals surface area contributed by atoms with Crippen LogP contribution in [0.5, 0.6) is 0 Å². The summed E-state index contributed by atoms with van der Waals surface area (Å²) in [5.41, 5.74) is 6.65. The van der Waals surface area contributed by atoms with Crippen molar-refractivity contribution in [2.24, 2.45) is 11.7 Å². The van der Waals surface area contributed by atoms with Crippen molar-refractivity contribution >= 4 is 27.5 Å². The van der Waals surface area contributed by atoms with Gasteiger partial charge in [0.15, 0.2) is 0 Å². The molecule has 0 saturated carbocycles. The highest BCUT2D eigenvalue weighted by atomic mass is 79.9. The molecule has 0 spiro atoms. The van der Waals surface area contributed by atoms with Gasteiger partial charge in [0, 0.05) is 16.6 Å². The van der Waals surface area contributed by atoms with E-state index in [-0.39, 0.29) is 5.92 Å². The van der Waals surface area contributed by atoms with Crippen LogP contribution < -0.4 is 5.73 Å². The van der Waals surface area contributed by atoms with E-state index in [1.807, 2.05) is 12.1 Å². The molecule has 0 fully saturated rings. The molecule has 20 heavy (non-hydrogen) atoms. The summed E-state index contributed by atoms with van der Waals surface area (Å²) in [6.45, 7) is 4.80. The molecule has 0 amide bonds. The van der Waals surface area contributed by atoms with Crippen LogP contribution in [0.25, 0.3) is 11.4 Å². The fourth-order valence-corrected chi connectivity index (χ4v) is 2.52. The maximum atomic E-state index is 5.98. The fraction of sp³-hybridized carbons (Fsp3) is 0.429. The van der Waals surface area contributed by atoms with Crippen molar-refractivity contribution in [3.63, 3.8) is 0 Å². The third kappa shape index (κ3) is 3.59. The van der Waals surface area contributed by atoms with E-state index < -0.39 is 0 Å². The van der Waals surface area contributed by atoms with Gasteiger partial charge < -0.3 is 10.3 Å². The Balaban J connectivity index is 2.25. The van der Waals surface area contributed by atoms with Gasteiger partial charge in [0.2, 0.25) is 11.7 Å². The Morgan fingerprint density at radius 1 is 1.40 bits per heavy atom. The lowest BCUT2D eigenvalue weighted by atomic mass is 9.97. The third-order valence-electron chi connectivity index (χ3n) is 3.01. The van der Waals surface area contributed by atoms with Gasteiger partial charge in [0.25, 0.3) is 0 Å². The second kappa shape index (κ2) is 6.70. The molecule has 2 aromatic rings. The van der Waals surface area contributed by atoms with E-state index in [1.54, 1.807) is 6.07 Å². The van der Waals surface area contributed by atoms with Gasteiger partial charge in [-0.1, -0.05) is 30.6 Å². The van der Waals surface area contributed by atoms with Crippen molar-refractivity contribution in [2.75, 3.05) is 6.54 Å².